The molecule has 1 heterocycles. The van der Waals surface area contributed by atoms with Gasteiger partial charge in [0.25, 0.3) is 5.91 Å². The fourth-order valence-corrected chi connectivity index (χ4v) is 5.88. The number of fused-ring (bicyclic) bond motifs is 3. The van der Waals surface area contributed by atoms with Crippen molar-refractivity contribution in [3.63, 3.8) is 0 Å². The van der Waals surface area contributed by atoms with Crippen LogP contribution in [-0.2, 0) is 4.79 Å². The molecule has 2 bridgehead atoms. The van der Waals surface area contributed by atoms with Gasteiger partial charge in [0.15, 0.2) is 0 Å². The minimum atomic E-state index is -0.709. The second-order valence-corrected chi connectivity index (χ2v) is 10.1. The van der Waals surface area contributed by atoms with Crippen LogP contribution in [0.4, 0.5) is 0 Å². The molecule has 2 aromatic rings. The van der Waals surface area contributed by atoms with Gasteiger partial charge in [-0.3, -0.25) is 9.59 Å². The molecule has 3 unspecified atom stereocenters. The van der Waals surface area contributed by atoms with Gasteiger partial charge in [-0.1, -0.05) is 26.0 Å². The Labute approximate surface area is 188 Å². The number of aromatic hydroxyl groups is 1. The number of thiophene rings is 1. The summed E-state index contributed by atoms with van der Waals surface area (Å²) in [4.78, 5) is 22.6. The maximum Gasteiger partial charge on any atom is 0.303 e. The summed E-state index contributed by atoms with van der Waals surface area (Å²) in [5.41, 5.74) is 1.06. The molecule has 1 aromatic heterocycles. The molecule has 31 heavy (non-hydrogen) atoms. The van der Waals surface area contributed by atoms with Gasteiger partial charge < -0.3 is 15.5 Å². The molecule has 1 aromatic carbocycles. The van der Waals surface area contributed by atoms with E-state index in [-0.39, 0.29) is 18.1 Å². The number of carboxylic acid groups (broad SMARTS) is 1. The monoisotopic (exact) mass is 443 g/mol. The first-order chi connectivity index (χ1) is 14.7. The lowest BCUT2D eigenvalue weighted by Crippen LogP contribution is -2.59. The van der Waals surface area contributed by atoms with Gasteiger partial charge in [-0.15, -0.1) is 11.3 Å². The van der Waals surface area contributed by atoms with Crippen LogP contribution in [0.1, 0.15) is 69.7 Å². The molecule has 0 radical (unpaired) electrons. The van der Waals surface area contributed by atoms with E-state index < -0.39 is 5.97 Å². The van der Waals surface area contributed by atoms with Gasteiger partial charge in [-0.25, -0.2) is 0 Å². The number of carbonyl (C=O) groups excluding carboxylic acids is 1. The smallest absolute Gasteiger partial charge is 0.303 e. The first-order valence-electron chi connectivity index (χ1n) is 11.1. The van der Waals surface area contributed by atoms with Gasteiger partial charge >= 0.3 is 5.97 Å². The number of phenolic OH excluding ortho intramolecular Hbond substituents is 1. The van der Waals surface area contributed by atoms with Crippen LogP contribution in [0.5, 0.6) is 5.75 Å². The van der Waals surface area contributed by atoms with Crippen molar-refractivity contribution >= 4 is 33.3 Å². The lowest BCUT2D eigenvalue weighted by molar-refractivity contribution is -0.137. The average molecular weight is 444 g/mol. The van der Waals surface area contributed by atoms with E-state index in [4.69, 9.17) is 5.11 Å². The van der Waals surface area contributed by atoms with Crippen LogP contribution in [0.2, 0.25) is 0 Å². The summed E-state index contributed by atoms with van der Waals surface area (Å²) < 4.78 is 1.04. The Morgan fingerprint density at radius 2 is 2.06 bits per heavy atom. The third-order valence-electron chi connectivity index (χ3n) is 6.97. The Morgan fingerprint density at radius 1 is 1.29 bits per heavy atom. The summed E-state index contributed by atoms with van der Waals surface area (Å²) >= 11 is 1.55. The number of amides is 1. The van der Waals surface area contributed by atoms with Crippen molar-refractivity contribution in [2.24, 2.45) is 17.3 Å². The van der Waals surface area contributed by atoms with Crippen LogP contribution in [0.15, 0.2) is 35.7 Å². The van der Waals surface area contributed by atoms with Crippen molar-refractivity contribution < 1.29 is 19.8 Å². The highest BCUT2D eigenvalue weighted by Crippen LogP contribution is 2.59. The number of hydrogen-bond acceptors (Lipinski definition) is 4. The van der Waals surface area contributed by atoms with Crippen LogP contribution in [0, 0.1) is 17.3 Å². The number of carboxylic acids is 1. The zero-order valence-corrected chi connectivity index (χ0v) is 19.4. The Balaban J connectivity index is 0.000000259. The molecule has 0 saturated heterocycles. The highest BCUT2D eigenvalue weighted by atomic mass is 32.1. The standard InChI is InChI=1S/C18H21NO2S.C7H12O2/c1-18(2)10-3-5-15(14(18)7-10)19-17(21)13-9-22-16-6-4-11(20)8-12(13)16;1-2-3-4-5-6-7(8)9/h4,6,8-10,14-15,20H,3,5,7H2,1-2H3,(H,19,21);2-3H,4-6H2,1H3,(H,8,9)/b;3-2-. The number of benzene rings is 1. The van der Waals surface area contributed by atoms with Gasteiger partial charge in [-0.2, -0.15) is 0 Å². The van der Waals surface area contributed by atoms with Gasteiger partial charge in [0, 0.05) is 27.9 Å². The second-order valence-electron chi connectivity index (χ2n) is 9.20. The first-order valence-corrected chi connectivity index (χ1v) is 12.0. The molecule has 5 rings (SSSR count). The molecular formula is C25H33NO4S. The fraction of sp³-hybridized carbons (Fsp3) is 0.520. The van der Waals surface area contributed by atoms with E-state index in [0.717, 1.165) is 35.3 Å². The molecule has 3 aliphatic rings. The number of phenols is 1. The average Bonchev–Trinajstić information content (AvgIpc) is 3.14. The van der Waals surface area contributed by atoms with E-state index in [1.165, 1.54) is 12.8 Å². The molecule has 168 valence electrons. The predicted molar refractivity (Wildman–Crippen MR) is 126 cm³/mol. The van der Waals surface area contributed by atoms with Gasteiger partial charge in [0.1, 0.15) is 5.75 Å². The lowest BCUT2D eigenvalue weighted by atomic mass is 9.47. The number of unbranched alkanes of at least 4 members (excludes halogenated alkanes) is 1. The van der Waals surface area contributed by atoms with Gasteiger partial charge in [0.05, 0.1) is 5.56 Å². The SMILES string of the molecule is C/C=C\CCCC(=O)O.CC1(C)C2CCC(NC(=O)c3csc4ccc(O)cc34)C1C2. The predicted octanol–water partition coefficient (Wildman–Crippen LogP) is 5.98. The van der Waals surface area contributed by atoms with E-state index >= 15 is 0 Å². The summed E-state index contributed by atoms with van der Waals surface area (Å²) in [7, 11) is 0. The van der Waals surface area contributed by atoms with Crippen LogP contribution in [0.3, 0.4) is 0 Å². The van der Waals surface area contributed by atoms with Crippen molar-refractivity contribution in [2.45, 2.75) is 65.3 Å². The lowest BCUT2D eigenvalue weighted by Gasteiger charge is -2.60. The largest absolute Gasteiger partial charge is 0.508 e. The zero-order chi connectivity index (χ0) is 22.6. The van der Waals surface area contributed by atoms with E-state index in [1.807, 2.05) is 30.5 Å². The van der Waals surface area contributed by atoms with Crippen LogP contribution in [0.25, 0.3) is 10.1 Å². The molecule has 0 aliphatic heterocycles. The Morgan fingerprint density at radius 3 is 2.71 bits per heavy atom. The fourth-order valence-electron chi connectivity index (χ4n) is 4.96. The molecule has 0 spiro atoms. The summed E-state index contributed by atoms with van der Waals surface area (Å²) in [5.74, 6) is 0.946. The van der Waals surface area contributed by atoms with E-state index in [2.05, 4.69) is 19.2 Å². The highest BCUT2D eigenvalue weighted by molar-refractivity contribution is 7.17. The van der Waals surface area contributed by atoms with Crippen molar-refractivity contribution in [1.29, 1.82) is 0 Å². The highest BCUT2D eigenvalue weighted by Gasteiger charge is 2.54. The maximum atomic E-state index is 12.7. The Kier molecular flexibility index (Phi) is 7.42. The molecule has 1 amide bonds. The molecule has 3 fully saturated rings. The molecular weight excluding hydrogens is 410 g/mol. The van der Waals surface area contributed by atoms with E-state index in [9.17, 15) is 14.7 Å². The number of carbonyl (C=O) groups is 2. The second kappa shape index (κ2) is 9.86. The van der Waals surface area contributed by atoms with Gasteiger partial charge in [-0.05, 0) is 74.5 Å². The van der Waals surface area contributed by atoms with Crippen molar-refractivity contribution in [3.8, 4) is 5.75 Å². The summed E-state index contributed by atoms with van der Waals surface area (Å²) in [6, 6.07) is 5.51. The number of hydrogen-bond donors (Lipinski definition) is 3. The number of allylic oxidation sites excluding steroid dienone is 2. The normalized spacial score (nSPS) is 23.6. The van der Waals surface area contributed by atoms with Crippen molar-refractivity contribution in [1.82, 2.24) is 5.32 Å². The minimum Gasteiger partial charge on any atom is -0.508 e. The zero-order valence-electron chi connectivity index (χ0n) is 18.6. The van der Waals surface area contributed by atoms with Gasteiger partial charge in [0.2, 0.25) is 0 Å². The topological polar surface area (TPSA) is 86.6 Å². The number of nitrogens with one attached hydrogen (secondary N) is 1. The molecule has 3 atom stereocenters. The molecule has 3 saturated carbocycles. The number of rotatable bonds is 6. The molecule has 3 N–H and O–H groups in total. The van der Waals surface area contributed by atoms with Crippen molar-refractivity contribution in [2.75, 3.05) is 0 Å². The molecule has 3 aliphatic carbocycles. The van der Waals surface area contributed by atoms with E-state index in [1.54, 1.807) is 23.5 Å². The summed E-state index contributed by atoms with van der Waals surface area (Å²) in [6.07, 6.45) is 9.39. The summed E-state index contributed by atoms with van der Waals surface area (Å²) in [5, 5.41) is 23.9. The summed E-state index contributed by atoms with van der Waals surface area (Å²) in [6.45, 7) is 6.60. The molecule has 5 nitrogen and oxygen atoms in total. The first kappa shape index (κ1) is 23.3. The van der Waals surface area contributed by atoms with Crippen LogP contribution < -0.4 is 5.32 Å². The maximum absolute atomic E-state index is 12.7. The minimum absolute atomic E-state index is 0.00278. The van der Waals surface area contributed by atoms with E-state index in [0.29, 0.717) is 22.9 Å². The number of aliphatic carboxylic acids is 1. The van der Waals surface area contributed by atoms with Crippen LogP contribution >= 0.6 is 11.3 Å². The van der Waals surface area contributed by atoms with Crippen molar-refractivity contribution in [3.05, 3.63) is 41.3 Å². The van der Waals surface area contributed by atoms with Crippen LogP contribution in [-0.4, -0.2) is 28.1 Å². The Bertz CT molecular complexity index is 960. The quantitative estimate of drug-likeness (QED) is 0.379. The third-order valence-corrected chi connectivity index (χ3v) is 7.94. The molecule has 6 heteroatoms. The Hall–Kier alpha value is -2.34. The third kappa shape index (κ3) is 5.29.